The Labute approximate surface area is 161 Å². The van der Waals surface area contributed by atoms with Gasteiger partial charge in [0.15, 0.2) is 5.78 Å². The number of ketones is 1. The molecule has 0 aliphatic carbocycles. The molecule has 0 fully saturated rings. The number of aryl methyl sites for hydroxylation is 1. The lowest BCUT2D eigenvalue weighted by atomic mass is 10.1. The molecule has 1 aromatic heterocycles. The fourth-order valence-electron chi connectivity index (χ4n) is 2.42. The zero-order valence-electron chi connectivity index (χ0n) is 14.8. The minimum Gasteiger partial charge on any atom is -0.324 e. The number of halogens is 1. The smallest absolute Gasteiger partial charge is 0.258 e. The summed E-state index contributed by atoms with van der Waals surface area (Å²) in [4.78, 5) is 32.1. The van der Waals surface area contributed by atoms with Crippen LogP contribution in [0.25, 0.3) is 0 Å². The van der Waals surface area contributed by atoms with Crippen LogP contribution in [-0.2, 0) is 0 Å². The largest absolute Gasteiger partial charge is 0.324 e. The van der Waals surface area contributed by atoms with Crippen molar-refractivity contribution in [2.24, 2.45) is 0 Å². The Morgan fingerprint density at radius 1 is 1.00 bits per heavy atom. The van der Waals surface area contributed by atoms with Gasteiger partial charge < -0.3 is 10.6 Å². The third-order valence-corrected chi connectivity index (χ3v) is 4.11. The van der Waals surface area contributed by atoms with Gasteiger partial charge in [-0.2, -0.15) is 0 Å². The molecule has 0 radical (unpaired) electrons. The predicted molar refractivity (Wildman–Crippen MR) is 106 cm³/mol. The van der Waals surface area contributed by atoms with Gasteiger partial charge in [0.1, 0.15) is 0 Å². The van der Waals surface area contributed by atoms with Gasteiger partial charge in [0, 0.05) is 34.4 Å². The number of carbonyl (C=O) groups excluding carboxylic acids is 2. The number of nitrogens with one attached hydrogen (secondary N) is 2. The molecule has 0 saturated carbocycles. The molecule has 0 saturated heterocycles. The summed E-state index contributed by atoms with van der Waals surface area (Å²) in [6.07, 6.45) is 2.87. The fraction of sp³-hybridized carbons (Fsp3) is 0.100. The molecule has 3 rings (SSSR count). The van der Waals surface area contributed by atoms with Crippen molar-refractivity contribution in [3.05, 3.63) is 76.6 Å². The van der Waals surface area contributed by atoms with Crippen molar-refractivity contribution in [2.75, 3.05) is 10.6 Å². The average molecular weight is 381 g/mol. The first-order valence-electron chi connectivity index (χ1n) is 8.20. The van der Waals surface area contributed by atoms with Gasteiger partial charge in [0.2, 0.25) is 5.95 Å². The number of aromatic nitrogens is 2. The molecule has 1 amide bonds. The Balaban J connectivity index is 1.70. The van der Waals surface area contributed by atoms with Crippen LogP contribution in [0.1, 0.15) is 33.2 Å². The number of anilines is 3. The molecule has 0 aliphatic rings. The van der Waals surface area contributed by atoms with Crippen molar-refractivity contribution < 1.29 is 9.59 Å². The van der Waals surface area contributed by atoms with E-state index in [1.165, 1.54) is 19.3 Å². The molecule has 0 bridgehead atoms. The first kappa shape index (κ1) is 18.5. The van der Waals surface area contributed by atoms with Gasteiger partial charge in [-0.3, -0.25) is 9.59 Å². The van der Waals surface area contributed by atoms with E-state index in [0.717, 1.165) is 11.3 Å². The number of hydrogen-bond acceptors (Lipinski definition) is 5. The molecule has 0 unspecified atom stereocenters. The van der Waals surface area contributed by atoms with Crippen molar-refractivity contribution in [3.8, 4) is 0 Å². The Morgan fingerprint density at radius 2 is 1.74 bits per heavy atom. The molecular weight excluding hydrogens is 364 g/mol. The molecule has 0 spiro atoms. The molecule has 27 heavy (non-hydrogen) atoms. The van der Waals surface area contributed by atoms with Gasteiger partial charge in [-0.1, -0.05) is 23.7 Å². The van der Waals surface area contributed by atoms with E-state index >= 15 is 0 Å². The summed E-state index contributed by atoms with van der Waals surface area (Å²) in [5, 5.41) is 6.47. The average Bonchev–Trinajstić information content (AvgIpc) is 2.65. The summed E-state index contributed by atoms with van der Waals surface area (Å²) in [5.41, 5.74) is 3.16. The van der Waals surface area contributed by atoms with E-state index in [2.05, 4.69) is 20.6 Å². The van der Waals surface area contributed by atoms with Crippen molar-refractivity contribution >= 4 is 40.6 Å². The molecule has 3 aromatic rings. The lowest BCUT2D eigenvalue weighted by Gasteiger charge is -2.09. The van der Waals surface area contributed by atoms with Gasteiger partial charge >= 0.3 is 0 Å². The van der Waals surface area contributed by atoms with Gasteiger partial charge in [-0.15, -0.1) is 0 Å². The molecular formula is C20H17ClN4O2. The van der Waals surface area contributed by atoms with Crippen molar-refractivity contribution in [2.45, 2.75) is 13.8 Å². The first-order valence-corrected chi connectivity index (χ1v) is 8.58. The summed E-state index contributed by atoms with van der Waals surface area (Å²) in [6.45, 7) is 3.40. The quantitative estimate of drug-likeness (QED) is 0.630. The van der Waals surface area contributed by atoms with Crippen molar-refractivity contribution in [1.29, 1.82) is 0 Å². The number of rotatable bonds is 5. The highest BCUT2D eigenvalue weighted by Crippen LogP contribution is 2.22. The monoisotopic (exact) mass is 380 g/mol. The lowest BCUT2D eigenvalue weighted by Crippen LogP contribution is -2.13. The second kappa shape index (κ2) is 7.97. The maximum atomic E-state index is 12.3. The molecule has 6 nitrogen and oxygen atoms in total. The van der Waals surface area contributed by atoms with Crippen LogP contribution in [0.15, 0.2) is 54.9 Å². The third kappa shape index (κ3) is 4.68. The first-order chi connectivity index (χ1) is 12.9. The number of carbonyl (C=O) groups is 2. The summed E-state index contributed by atoms with van der Waals surface area (Å²) >= 11 is 5.95. The van der Waals surface area contributed by atoms with E-state index in [-0.39, 0.29) is 11.7 Å². The van der Waals surface area contributed by atoms with Crippen LogP contribution in [0.4, 0.5) is 17.3 Å². The van der Waals surface area contributed by atoms with E-state index in [9.17, 15) is 9.59 Å². The predicted octanol–water partition coefficient (Wildman–Crippen LogP) is 4.64. The van der Waals surface area contributed by atoms with E-state index in [4.69, 9.17) is 11.6 Å². The Kier molecular flexibility index (Phi) is 5.47. The Bertz CT molecular complexity index is 1000. The van der Waals surface area contributed by atoms with E-state index in [1.807, 2.05) is 19.1 Å². The number of nitrogens with zero attached hydrogens (tertiary/aromatic N) is 2. The molecule has 7 heteroatoms. The summed E-state index contributed by atoms with van der Waals surface area (Å²) in [5.74, 6) is -0.0529. The zero-order chi connectivity index (χ0) is 19.4. The normalized spacial score (nSPS) is 10.3. The Morgan fingerprint density at radius 3 is 2.41 bits per heavy atom. The minimum atomic E-state index is -0.357. The minimum absolute atomic E-state index is 0.0673. The van der Waals surface area contributed by atoms with Crippen LogP contribution in [0, 0.1) is 6.92 Å². The number of benzene rings is 2. The molecule has 0 atom stereocenters. The van der Waals surface area contributed by atoms with E-state index in [1.54, 1.807) is 30.3 Å². The second-order valence-corrected chi connectivity index (χ2v) is 6.41. The van der Waals surface area contributed by atoms with Crippen LogP contribution in [0.3, 0.4) is 0 Å². The topological polar surface area (TPSA) is 84.0 Å². The summed E-state index contributed by atoms with van der Waals surface area (Å²) in [6, 6.07) is 12.2. The van der Waals surface area contributed by atoms with Crippen LogP contribution in [0.5, 0.6) is 0 Å². The highest BCUT2D eigenvalue weighted by atomic mass is 35.5. The maximum Gasteiger partial charge on any atom is 0.258 e. The summed E-state index contributed by atoms with van der Waals surface area (Å²) in [7, 11) is 0. The van der Waals surface area contributed by atoms with Gasteiger partial charge in [-0.05, 0) is 49.7 Å². The molecule has 2 N–H and O–H groups in total. The zero-order valence-corrected chi connectivity index (χ0v) is 15.5. The summed E-state index contributed by atoms with van der Waals surface area (Å²) < 4.78 is 0. The second-order valence-electron chi connectivity index (χ2n) is 5.97. The van der Waals surface area contributed by atoms with E-state index < -0.39 is 0 Å². The number of amides is 1. The number of hydrogen-bond donors (Lipinski definition) is 2. The fourth-order valence-corrected chi connectivity index (χ4v) is 2.64. The molecule has 1 heterocycles. The molecule has 0 aliphatic heterocycles. The van der Waals surface area contributed by atoms with Crippen LogP contribution >= 0.6 is 11.6 Å². The Hall–Kier alpha value is -3.25. The van der Waals surface area contributed by atoms with Crippen LogP contribution < -0.4 is 10.6 Å². The van der Waals surface area contributed by atoms with Crippen LogP contribution in [-0.4, -0.2) is 21.7 Å². The lowest BCUT2D eigenvalue weighted by molar-refractivity contribution is 0.101. The van der Waals surface area contributed by atoms with Gasteiger partial charge in [0.25, 0.3) is 5.91 Å². The maximum absolute atomic E-state index is 12.3. The van der Waals surface area contributed by atoms with Crippen molar-refractivity contribution in [3.63, 3.8) is 0 Å². The third-order valence-electron chi connectivity index (χ3n) is 3.88. The standard InChI is InChI=1S/C20H17ClN4O2/c1-12-8-16(21)6-7-18(12)25-20-22-10-15(11-23-20)19(27)24-17-5-3-4-14(9-17)13(2)26/h3-11H,1-2H3,(H,24,27)(H,22,23,25). The molecule has 136 valence electrons. The number of Topliss-reactive ketones (excluding diaryl/α,β-unsaturated/α-hetero) is 1. The SMILES string of the molecule is CC(=O)c1cccc(NC(=O)c2cnc(Nc3ccc(Cl)cc3C)nc2)c1. The van der Waals surface area contributed by atoms with Crippen LogP contribution in [0.2, 0.25) is 5.02 Å². The van der Waals surface area contributed by atoms with Gasteiger partial charge in [-0.25, -0.2) is 9.97 Å². The highest BCUT2D eigenvalue weighted by molar-refractivity contribution is 6.30. The van der Waals surface area contributed by atoms with Gasteiger partial charge in [0.05, 0.1) is 5.56 Å². The molecule has 2 aromatic carbocycles. The highest BCUT2D eigenvalue weighted by Gasteiger charge is 2.09. The van der Waals surface area contributed by atoms with Crippen molar-refractivity contribution in [1.82, 2.24) is 9.97 Å². The van der Waals surface area contributed by atoms with E-state index in [0.29, 0.717) is 27.8 Å².